The van der Waals surface area contributed by atoms with E-state index >= 15 is 0 Å². The number of ether oxygens (including phenoxy) is 5. The highest BCUT2D eigenvalue weighted by Gasteiger charge is 2.21. The fourth-order valence-electron chi connectivity index (χ4n) is 3.50. The summed E-state index contributed by atoms with van der Waals surface area (Å²) in [5.74, 6) is 1.15. The molecule has 3 aromatic carbocycles. The number of carbonyl (C=O) groups is 1. The van der Waals surface area contributed by atoms with Gasteiger partial charge in [0.2, 0.25) is 5.75 Å². The van der Waals surface area contributed by atoms with Crippen LogP contribution < -0.4 is 23.7 Å². The van der Waals surface area contributed by atoms with Crippen molar-refractivity contribution in [1.29, 1.82) is 5.26 Å². The summed E-state index contributed by atoms with van der Waals surface area (Å²) in [7, 11) is 1.47. The molecule has 0 atom stereocenters. The van der Waals surface area contributed by atoms with Crippen LogP contribution in [0, 0.1) is 11.3 Å². The van der Waals surface area contributed by atoms with Gasteiger partial charge in [0.15, 0.2) is 23.0 Å². The second kappa shape index (κ2) is 13.2. The molecule has 0 heterocycles. The van der Waals surface area contributed by atoms with Gasteiger partial charge < -0.3 is 23.7 Å². The van der Waals surface area contributed by atoms with Crippen LogP contribution in [0.5, 0.6) is 28.7 Å². The van der Waals surface area contributed by atoms with Crippen LogP contribution in [0.25, 0.3) is 11.6 Å². The quantitative estimate of drug-likeness (QED) is 0.118. The zero-order valence-electron chi connectivity index (χ0n) is 21.2. The lowest BCUT2D eigenvalue weighted by molar-refractivity contribution is 0.0728. The highest BCUT2D eigenvalue weighted by molar-refractivity contribution is 6.30. The number of allylic oxidation sites excluding steroid dienone is 1. The molecule has 8 heteroatoms. The summed E-state index contributed by atoms with van der Waals surface area (Å²) in [5.41, 5.74) is 2.11. The van der Waals surface area contributed by atoms with Gasteiger partial charge in [-0.25, -0.2) is 4.79 Å². The van der Waals surface area contributed by atoms with E-state index in [2.05, 4.69) is 6.07 Å². The predicted molar refractivity (Wildman–Crippen MR) is 143 cm³/mol. The van der Waals surface area contributed by atoms with Crippen molar-refractivity contribution in [2.75, 3.05) is 26.9 Å². The van der Waals surface area contributed by atoms with Crippen LogP contribution in [-0.2, 0) is 0 Å². The average molecular weight is 522 g/mol. The molecule has 0 fully saturated rings. The zero-order valence-corrected chi connectivity index (χ0v) is 21.9. The van der Waals surface area contributed by atoms with Gasteiger partial charge in [0.05, 0.1) is 44.1 Å². The third-order valence-corrected chi connectivity index (χ3v) is 5.37. The summed E-state index contributed by atoms with van der Waals surface area (Å²) in [6.07, 6.45) is 1.71. The molecule has 3 aromatic rings. The Morgan fingerprint density at radius 3 is 2.00 bits per heavy atom. The molecule has 0 aliphatic rings. The lowest BCUT2D eigenvalue weighted by Crippen LogP contribution is -2.11. The van der Waals surface area contributed by atoms with Crippen molar-refractivity contribution in [3.63, 3.8) is 0 Å². The molecular weight excluding hydrogens is 494 g/mol. The molecule has 0 aromatic heterocycles. The number of halogens is 1. The van der Waals surface area contributed by atoms with Crippen molar-refractivity contribution in [2.24, 2.45) is 0 Å². The summed E-state index contributed by atoms with van der Waals surface area (Å²) in [5, 5.41) is 10.2. The first-order chi connectivity index (χ1) is 17.9. The number of rotatable bonds is 11. The molecular formula is C29H28ClNO6. The minimum Gasteiger partial charge on any atom is -0.493 e. The van der Waals surface area contributed by atoms with Crippen molar-refractivity contribution < 1.29 is 28.5 Å². The Kier molecular flexibility index (Phi) is 9.82. The Morgan fingerprint density at radius 1 is 0.838 bits per heavy atom. The van der Waals surface area contributed by atoms with Crippen LogP contribution in [0.1, 0.15) is 42.3 Å². The Hall–Kier alpha value is -4.15. The molecule has 0 saturated heterocycles. The van der Waals surface area contributed by atoms with Crippen LogP contribution in [-0.4, -0.2) is 32.9 Å². The number of hydrogen-bond donors (Lipinski definition) is 0. The maximum atomic E-state index is 13.1. The second-order valence-electron chi connectivity index (χ2n) is 7.58. The maximum absolute atomic E-state index is 13.1. The van der Waals surface area contributed by atoms with Gasteiger partial charge in [-0.2, -0.15) is 5.26 Å². The number of esters is 1. The standard InChI is InChI=1S/C29H28ClNO6/c1-5-34-26-16-21(17-27(35-6-2)28(26)36-7-3)29(32)37-24-13-8-19(15-25(24)33-4)14-22(18-31)20-9-11-23(30)12-10-20/h8-17H,5-7H2,1-4H3. The fourth-order valence-corrected chi connectivity index (χ4v) is 3.63. The number of hydrogen-bond acceptors (Lipinski definition) is 7. The Morgan fingerprint density at radius 2 is 1.46 bits per heavy atom. The van der Waals surface area contributed by atoms with E-state index in [1.54, 1.807) is 60.7 Å². The van der Waals surface area contributed by atoms with Gasteiger partial charge >= 0.3 is 5.97 Å². The summed E-state index contributed by atoms with van der Waals surface area (Å²) in [4.78, 5) is 13.1. The smallest absolute Gasteiger partial charge is 0.343 e. The van der Waals surface area contributed by atoms with Gasteiger partial charge in [0.1, 0.15) is 0 Å². The minimum absolute atomic E-state index is 0.222. The minimum atomic E-state index is -0.620. The first-order valence-corrected chi connectivity index (χ1v) is 12.2. The fraction of sp³-hybridized carbons (Fsp3) is 0.241. The van der Waals surface area contributed by atoms with Crippen molar-refractivity contribution in [2.45, 2.75) is 20.8 Å². The second-order valence-corrected chi connectivity index (χ2v) is 8.01. The molecule has 0 saturated carbocycles. The molecule has 0 amide bonds. The molecule has 37 heavy (non-hydrogen) atoms. The molecule has 0 aliphatic heterocycles. The van der Waals surface area contributed by atoms with E-state index in [9.17, 15) is 10.1 Å². The number of nitrogens with zero attached hydrogens (tertiary/aromatic N) is 1. The van der Waals surface area contributed by atoms with E-state index in [-0.39, 0.29) is 11.3 Å². The Bertz CT molecular complexity index is 1280. The number of nitriles is 1. The number of carbonyl (C=O) groups excluding carboxylic acids is 1. The summed E-state index contributed by atoms with van der Waals surface area (Å²) in [6, 6.07) is 17.3. The van der Waals surface area contributed by atoms with E-state index in [1.165, 1.54) is 7.11 Å². The van der Waals surface area contributed by atoms with E-state index < -0.39 is 5.97 Å². The topological polar surface area (TPSA) is 87.0 Å². The highest BCUT2D eigenvalue weighted by Crippen LogP contribution is 2.40. The first kappa shape index (κ1) is 27.4. The normalized spacial score (nSPS) is 10.9. The maximum Gasteiger partial charge on any atom is 0.343 e. The van der Waals surface area contributed by atoms with E-state index in [0.717, 1.165) is 5.56 Å². The zero-order chi connectivity index (χ0) is 26.8. The van der Waals surface area contributed by atoms with Gasteiger partial charge in [-0.05, 0) is 74.4 Å². The first-order valence-electron chi connectivity index (χ1n) is 11.8. The third kappa shape index (κ3) is 6.96. The molecule has 3 rings (SSSR count). The molecule has 0 aliphatic carbocycles. The summed E-state index contributed by atoms with van der Waals surface area (Å²) in [6.45, 7) is 6.71. The largest absolute Gasteiger partial charge is 0.493 e. The van der Waals surface area contributed by atoms with Gasteiger partial charge in [0.25, 0.3) is 0 Å². The summed E-state index contributed by atoms with van der Waals surface area (Å²) >= 11 is 5.95. The van der Waals surface area contributed by atoms with Crippen LogP contribution in [0.3, 0.4) is 0 Å². The van der Waals surface area contributed by atoms with Crippen molar-refractivity contribution in [1.82, 2.24) is 0 Å². The molecule has 0 bridgehead atoms. The van der Waals surface area contributed by atoms with E-state index in [1.807, 2.05) is 20.8 Å². The van der Waals surface area contributed by atoms with Crippen molar-refractivity contribution in [3.05, 3.63) is 76.3 Å². The molecule has 0 spiro atoms. The van der Waals surface area contributed by atoms with Crippen molar-refractivity contribution in [3.8, 4) is 34.8 Å². The van der Waals surface area contributed by atoms with E-state index in [0.29, 0.717) is 59.0 Å². The van der Waals surface area contributed by atoms with E-state index in [4.69, 9.17) is 35.3 Å². The molecule has 192 valence electrons. The average Bonchev–Trinajstić information content (AvgIpc) is 2.90. The Labute approximate surface area is 221 Å². The van der Waals surface area contributed by atoms with Gasteiger partial charge in [0, 0.05) is 5.02 Å². The number of methoxy groups -OCH3 is 1. The van der Waals surface area contributed by atoms with Crippen LogP contribution in [0.4, 0.5) is 0 Å². The van der Waals surface area contributed by atoms with Crippen molar-refractivity contribution >= 4 is 29.2 Å². The predicted octanol–water partition coefficient (Wildman–Crippen LogP) is 6.83. The van der Waals surface area contributed by atoms with Crippen LogP contribution in [0.2, 0.25) is 5.02 Å². The van der Waals surface area contributed by atoms with Gasteiger partial charge in [-0.1, -0.05) is 29.8 Å². The molecule has 0 N–H and O–H groups in total. The highest BCUT2D eigenvalue weighted by atomic mass is 35.5. The molecule has 7 nitrogen and oxygen atoms in total. The monoisotopic (exact) mass is 521 g/mol. The summed E-state index contributed by atoms with van der Waals surface area (Å²) < 4.78 is 28.2. The lowest BCUT2D eigenvalue weighted by atomic mass is 10.0. The molecule has 0 unspecified atom stereocenters. The Balaban J connectivity index is 1.91. The third-order valence-electron chi connectivity index (χ3n) is 5.12. The van der Waals surface area contributed by atoms with Gasteiger partial charge in [-0.15, -0.1) is 0 Å². The number of benzene rings is 3. The van der Waals surface area contributed by atoms with Crippen LogP contribution in [0.15, 0.2) is 54.6 Å². The van der Waals surface area contributed by atoms with Gasteiger partial charge in [-0.3, -0.25) is 0 Å². The van der Waals surface area contributed by atoms with Crippen LogP contribution >= 0.6 is 11.6 Å². The SMILES string of the molecule is CCOc1cc(C(=O)Oc2ccc(C=C(C#N)c3ccc(Cl)cc3)cc2OC)cc(OCC)c1OCC. The lowest BCUT2D eigenvalue weighted by Gasteiger charge is -2.17. The molecule has 0 radical (unpaired) electrons.